The summed E-state index contributed by atoms with van der Waals surface area (Å²) in [6, 6.07) is 20.1. The van der Waals surface area contributed by atoms with E-state index >= 15 is 0 Å². The Kier molecular flexibility index (Phi) is 13.6. The summed E-state index contributed by atoms with van der Waals surface area (Å²) < 4.78 is 18.0. The van der Waals surface area contributed by atoms with Gasteiger partial charge in [-0.15, -0.1) is 24.0 Å². The average molecular weight is 529 g/mol. The normalized spacial score (nSPS) is 13.2. The number of benzene rings is 2. The van der Waals surface area contributed by atoms with Gasteiger partial charge in [-0.25, -0.2) is 0 Å². The molecule has 0 aliphatic heterocycles. The van der Waals surface area contributed by atoms with Gasteiger partial charge in [0.25, 0.3) is 0 Å². The number of hydrogen-bond acceptors (Lipinski definition) is 3. The number of ether oxygens (including phenoxy) is 1. The number of hydrogen-bond donors (Lipinski definition) is 2. The van der Waals surface area contributed by atoms with Gasteiger partial charge in [0, 0.05) is 42.4 Å². The van der Waals surface area contributed by atoms with E-state index in [-0.39, 0.29) is 24.0 Å². The molecule has 0 aliphatic rings. The molecular formula is C22H32IN3O2S. The predicted octanol–water partition coefficient (Wildman–Crippen LogP) is 3.57. The first-order chi connectivity index (χ1) is 13.7. The van der Waals surface area contributed by atoms with Crippen molar-refractivity contribution in [3.05, 3.63) is 71.8 Å². The molecule has 2 atom stereocenters. The Labute approximate surface area is 194 Å². The SMILES string of the molecule is CN=C(NCCS(=O)Cc1ccccc1)NCC(C)COCc1ccccc1.I. The Bertz CT molecular complexity index is 729. The van der Waals surface area contributed by atoms with E-state index in [1.807, 2.05) is 48.5 Å². The Morgan fingerprint density at radius 1 is 1.03 bits per heavy atom. The fourth-order valence-corrected chi connectivity index (χ4v) is 3.66. The second-order valence-electron chi connectivity index (χ2n) is 6.76. The van der Waals surface area contributed by atoms with E-state index in [1.54, 1.807) is 7.05 Å². The largest absolute Gasteiger partial charge is 0.376 e. The average Bonchev–Trinajstić information content (AvgIpc) is 2.72. The van der Waals surface area contributed by atoms with Gasteiger partial charge in [0.15, 0.2) is 5.96 Å². The van der Waals surface area contributed by atoms with Crippen molar-refractivity contribution < 1.29 is 8.95 Å². The van der Waals surface area contributed by atoms with Crippen LogP contribution in [0.25, 0.3) is 0 Å². The van der Waals surface area contributed by atoms with Gasteiger partial charge < -0.3 is 15.4 Å². The van der Waals surface area contributed by atoms with E-state index in [9.17, 15) is 4.21 Å². The van der Waals surface area contributed by atoms with Crippen molar-refractivity contribution in [2.24, 2.45) is 10.9 Å². The van der Waals surface area contributed by atoms with Crippen LogP contribution in [0, 0.1) is 5.92 Å². The van der Waals surface area contributed by atoms with E-state index in [0.717, 1.165) is 18.1 Å². The molecule has 0 bridgehead atoms. The maximum Gasteiger partial charge on any atom is 0.191 e. The monoisotopic (exact) mass is 529 g/mol. The highest BCUT2D eigenvalue weighted by Crippen LogP contribution is 2.03. The van der Waals surface area contributed by atoms with E-state index < -0.39 is 10.8 Å². The zero-order valence-electron chi connectivity index (χ0n) is 17.2. The second kappa shape index (κ2) is 15.4. The van der Waals surface area contributed by atoms with Gasteiger partial charge in [0.2, 0.25) is 0 Å². The maximum absolute atomic E-state index is 12.2. The van der Waals surface area contributed by atoms with Crippen molar-refractivity contribution in [1.29, 1.82) is 0 Å². The lowest BCUT2D eigenvalue weighted by molar-refractivity contribution is 0.0931. The molecule has 0 saturated heterocycles. The third-order valence-corrected chi connectivity index (χ3v) is 5.46. The van der Waals surface area contributed by atoms with Gasteiger partial charge in [-0.2, -0.15) is 0 Å². The molecule has 29 heavy (non-hydrogen) atoms. The van der Waals surface area contributed by atoms with Gasteiger partial charge >= 0.3 is 0 Å². The molecule has 0 heterocycles. The summed E-state index contributed by atoms with van der Waals surface area (Å²) in [5, 5.41) is 6.53. The van der Waals surface area contributed by atoms with E-state index in [2.05, 4.69) is 34.7 Å². The lowest BCUT2D eigenvalue weighted by Crippen LogP contribution is -2.41. The van der Waals surface area contributed by atoms with Crippen molar-refractivity contribution in [2.45, 2.75) is 19.3 Å². The number of guanidine groups is 1. The number of halogens is 1. The second-order valence-corrected chi connectivity index (χ2v) is 8.34. The lowest BCUT2D eigenvalue weighted by Gasteiger charge is -2.16. The van der Waals surface area contributed by atoms with Crippen LogP contribution in [0.4, 0.5) is 0 Å². The van der Waals surface area contributed by atoms with Gasteiger partial charge in [-0.3, -0.25) is 9.20 Å². The Morgan fingerprint density at radius 2 is 1.66 bits per heavy atom. The first-order valence-electron chi connectivity index (χ1n) is 9.62. The van der Waals surface area contributed by atoms with Gasteiger partial charge in [-0.05, 0) is 17.0 Å². The smallest absolute Gasteiger partial charge is 0.191 e. The minimum Gasteiger partial charge on any atom is -0.376 e. The highest BCUT2D eigenvalue weighted by atomic mass is 127. The molecule has 2 unspecified atom stereocenters. The number of aliphatic imine (C=N–C) groups is 1. The number of nitrogens with one attached hydrogen (secondary N) is 2. The third kappa shape index (κ3) is 11.3. The maximum atomic E-state index is 12.2. The molecule has 0 amide bonds. The zero-order chi connectivity index (χ0) is 20.0. The Hall–Kier alpha value is -1.45. The minimum atomic E-state index is -0.890. The van der Waals surface area contributed by atoms with Crippen LogP contribution in [0.2, 0.25) is 0 Å². The highest BCUT2D eigenvalue weighted by molar-refractivity contribution is 14.0. The summed E-state index contributed by atoms with van der Waals surface area (Å²) in [5.41, 5.74) is 2.29. The fraction of sp³-hybridized carbons (Fsp3) is 0.409. The van der Waals surface area contributed by atoms with Crippen LogP contribution in [-0.4, -0.2) is 42.7 Å². The lowest BCUT2D eigenvalue weighted by atomic mass is 10.2. The molecule has 0 aliphatic carbocycles. The molecule has 0 saturated carbocycles. The van der Waals surface area contributed by atoms with Crippen LogP contribution in [0.5, 0.6) is 0 Å². The molecular weight excluding hydrogens is 497 g/mol. The summed E-state index contributed by atoms with van der Waals surface area (Å²) in [6.07, 6.45) is 0. The molecule has 0 radical (unpaired) electrons. The fourth-order valence-electron chi connectivity index (χ4n) is 2.62. The number of nitrogens with zero attached hydrogens (tertiary/aromatic N) is 1. The first-order valence-corrected chi connectivity index (χ1v) is 11.1. The molecule has 2 aromatic carbocycles. The molecule has 0 aromatic heterocycles. The Balaban J connectivity index is 0.00000420. The molecule has 0 fully saturated rings. The van der Waals surface area contributed by atoms with Crippen molar-refractivity contribution in [3.8, 4) is 0 Å². The van der Waals surface area contributed by atoms with Crippen LogP contribution in [0.15, 0.2) is 65.7 Å². The third-order valence-electron chi connectivity index (χ3n) is 4.15. The standard InChI is InChI=1S/C22H31N3O2S.HI/c1-19(16-27-17-20-9-5-3-6-10-20)15-25-22(23-2)24-13-14-28(26)18-21-11-7-4-8-12-21;/h3-12,19H,13-18H2,1-2H3,(H2,23,24,25);1H. The molecule has 2 N–H and O–H groups in total. The van der Waals surface area contributed by atoms with Crippen molar-refractivity contribution in [3.63, 3.8) is 0 Å². The Morgan fingerprint density at radius 3 is 2.28 bits per heavy atom. The van der Waals surface area contributed by atoms with Crippen LogP contribution < -0.4 is 10.6 Å². The van der Waals surface area contributed by atoms with Crippen LogP contribution >= 0.6 is 24.0 Å². The molecule has 160 valence electrons. The highest BCUT2D eigenvalue weighted by Gasteiger charge is 2.06. The topological polar surface area (TPSA) is 62.7 Å². The van der Waals surface area contributed by atoms with E-state index in [1.165, 1.54) is 5.56 Å². The van der Waals surface area contributed by atoms with E-state index in [4.69, 9.17) is 4.74 Å². The van der Waals surface area contributed by atoms with Gasteiger partial charge in [-0.1, -0.05) is 67.6 Å². The van der Waals surface area contributed by atoms with Crippen molar-refractivity contribution >= 4 is 40.7 Å². The van der Waals surface area contributed by atoms with Crippen LogP contribution in [-0.2, 0) is 27.9 Å². The molecule has 5 nitrogen and oxygen atoms in total. The summed E-state index contributed by atoms with van der Waals surface area (Å²) in [4.78, 5) is 4.22. The van der Waals surface area contributed by atoms with Gasteiger partial charge in [0.1, 0.15) is 0 Å². The van der Waals surface area contributed by atoms with Crippen LogP contribution in [0.1, 0.15) is 18.1 Å². The quantitative estimate of drug-likeness (QED) is 0.266. The molecule has 7 heteroatoms. The zero-order valence-corrected chi connectivity index (χ0v) is 20.3. The summed E-state index contributed by atoms with van der Waals surface area (Å²) >= 11 is 0. The molecule has 2 aromatic rings. The summed E-state index contributed by atoms with van der Waals surface area (Å²) in [5.74, 6) is 2.26. The van der Waals surface area contributed by atoms with Gasteiger partial charge in [0.05, 0.1) is 13.2 Å². The molecule has 0 spiro atoms. The number of rotatable bonds is 11. The minimum absolute atomic E-state index is 0. The summed E-state index contributed by atoms with van der Waals surface area (Å²) in [6.45, 7) is 4.84. The molecule has 2 rings (SSSR count). The van der Waals surface area contributed by atoms with E-state index in [0.29, 0.717) is 37.2 Å². The van der Waals surface area contributed by atoms with Crippen LogP contribution in [0.3, 0.4) is 0 Å². The van der Waals surface area contributed by atoms with Crippen molar-refractivity contribution in [1.82, 2.24) is 10.6 Å². The summed E-state index contributed by atoms with van der Waals surface area (Å²) in [7, 11) is 0.853. The van der Waals surface area contributed by atoms with Crippen molar-refractivity contribution in [2.75, 3.05) is 32.5 Å². The predicted molar refractivity (Wildman–Crippen MR) is 133 cm³/mol. The first kappa shape index (κ1) is 25.6.